The molecule has 0 aliphatic rings. The van der Waals surface area contributed by atoms with Crippen LogP contribution in [0.5, 0.6) is 11.5 Å². The fourth-order valence-corrected chi connectivity index (χ4v) is 3.82. The van der Waals surface area contributed by atoms with Crippen LogP contribution in [0.4, 0.5) is 0 Å². The van der Waals surface area contributed by atoms with E-state index < -0.39 is 0 Å². The third-order valence-electron chi connectivity index (χ3n) is 5.43. The minimum absolute atomic E-state index is 0.682. The van der Waals surface area contributed by atoms with Crippen molar-refractivity contribution in [2.45, 2.75) is 32.7 Å². The fraction of sp³-hybridized carbons (Fsp3) is 0.269. The summed E-state index contributed by atoms with van der Waals surface area (Å²) in [6.45, 7) is 3.58. The Morgan fingerprint density at radius 2 is 1.71 bits per heavy atom. The molecule has 0 saturated carbocycles. The zero-order valence-corrected chi connectivity index (χ0v) is 18.7. The fourth-order valence-electron chi connectivity index (χ4n) is 3.70. The van der Waals surface area contributed by atoms with Gasteiger partial charge in [0.1, 0.15) is 17.3 Å². The molecule has 160 valence electrons. The van der Waals surface area contributed by atoms with E-state index in [1.165, 1.54) is 11.1 Å². The molecule has 0 radical (unpaired) electrons. The normalized spacial score (nSPS) is 11.1. The number of methoxy groups -OCH3 is 1. The van der Waals surface area contributed by atoms with Gasteiger partial charge < -0.3 is 14.0 Å². The van der Waals surface area contributed by atoms with Gasteiger partial charge in [-0.15, -0.1) is 0 Å². The van der Waals surface area contributed by atoms with Crippen molar-refractivity contribution in [1.82, 2.24) is 9.55 Å². The van der Waals surface area contributed by atoms with Crippen LogP contribution >= 0.6 is 11.6 Å². The summed E-state index contributed by atoms with van der Waals surface area (Å²) in [7, 11) is 1.69. The number of para-hydroxylation sites is 2. The second-order valence-electron chi connectivity index (χ2n) is 7.66. The van der Waals surface area contributed by atoms with Crippen molar-refractivity contribution >= 4 is 22.6 Å². The molecule has 0 atom stereocenters. The highest BCUT2D eigenvalue weighted by molar-refractivity contribution is 6.31. The quantitative estimate of drug-likeness (QED) is 0.284. The van der Waals surface area contributed by atoms with Crippen molar-refractivity contribution in [2.24, 2.45) is 0 Å². The molecule has 0 amide bonds. The first-order chi connectivity index (χ1) is 15.1. The molecule has 5 heteroatoms. The van der Waals surface area contributed by atoms with Gasteiger partial charge in [0.25, 0.3) is 0 Å². The van der Waals surface area contributed by atoms with E-state index in [0.717, 1.165) is 59.2 Å². The van der Waals surface area contributed by atoms with E-state index in [9.17, 15) is 0 Å². The number of aryl methyl sites for hydroxylation is 2. The van der Waals surface area contributed by atoms with Crippen LogP contribution in [-0.4, -0.2) is 23.3 Å². The number of hydrogen-bond donors (Lipinski definition) is 0. The SMILES string of the molecule is COc1ccc(Cc2nc3ccccc3n2CCCCOc2ccc(Cl)c(C)c2)cc1. The van der Waals surface area contributed by atoms with Gasteiger partial charge >= 0.3 is 0 Å². The van der Waals surface area contributed by atoms with E-state index in [1.807, 2.05) is 43.3 Å². The van der Waals surface area contributed by atoms with Gasteiger partial charge in [-0.3, -0.25) is 0 Å². The molecule has 4 rings (SSSR count). The molecule has 1 heterocycles. The van der Waals surface area contributed by atoms with E-state index in [4.69, 9.17) is 26.1 Å². The average molecular weight is 435 g/mol. The van der Waals surface area contributed by atoms with Gasteiger partial charge in [0, 0.05) is 18.0 Å². The molecule has 0 bridgehead atoms. The summed E-state index contributed by atoms with van der Waals surface area (Å²) in [5.74, 6) is 2.82. The molecule has 4 aromatic rings. The summed E-state index contributed by atoms with van der Waals surface area (Å²) >= 11 is 6.09. The summed E-state index contributed by atoms with van der Waals surface area (Å²) in [6, 6.07) is 22.3. The maximum Gasteiger partial charge on any atom is 0.119 e. The van der Waals surface area contributed by atoms with Gasteiger partial charge in [0.2, 0.25) is 0 Å². The van der Waals surface area contributed by atoms with Crippen LogP contribution in [0.25, 0.3) is 11.0 Å². The molecule has 0 aliphatic heterocycles. The summed E-state index contributed by atoms with van der Waals surface area (Å²) in [5, 5.41) is 0.767. The highest BCUT2D eigenvalue weighted by Crippen LogP contribution is 2.22. The molecule has 0 fully saturated rings. The molecule has 1 aromatic heterocycles. The Labute approximate surface area is 188 Å². The van der Waals surface area contributed by atoms with Crippen LogP contribution < -0.4 is 9.47 Å². The Hall–Kier alpha value is -2.98. The summed E-state index contributed by atoms with van der Waals surface area (Å²) < 4.78 is 13.5. The summed E-state index contributed by atoms with van der Waals surface area (Å²) in [4.78, 5) is 4.90. The van der Waals surface area contributed by atoms with Gasteiger partial charge in [-0.2, -0.15) is 0 Å². The van der Waals surface area contributed by atoms with Crippen LogP contribution in [0.3, 0.4) is 0 Å². The maximum atomic E-state index is 6.09. The average Bonchev–Trinajstić information content (AvgIpc) is 3.13. The van der Waals surface area contributed by atoms with Crippen molar-refractivity contribution in [3.8, 4) is 11.5 Å². The van der Waals surface area contributed by atoms with E-state index in [0.29, 0.717) is 6.61 Å². The topological polar surface area (TPSA) is 36.3 Å². The Bertz CT molecular complexity index is 1150. The highest BCUT2D eigenvalue weighted by Gasteiger charge is 2.11. The molecular weight excluding hydrogens is 408 g/mol. The highest BCUT2D eigenvalue weighted by atomic mass is 35.5. The van der Waals surface area contributed by atoms with Crippen molar-refractivity contribution in [3.05, 3.63) is 88.7 Å². The smallest absolute Gasteiger partial charge is 0.119 e. The molecule has 0 aliphatic carbocycles. The number of rotatable bonds is 9. The number of ether oxygens (including phenoxy) is 2. The first kappa shape index (κ1) is 21.3. The van der Waals surface area contributed by atoms with Crippen LogP contribution in [0.1, 0.15) is 29.8 Å². The van der Waals surface area contributed by atoms with Crippen LogP contribution in [0, 0.1) is 6.92 Å². The molecule has 0 saturated heterocycles. The number of imidazole rings is 1. The van der Waals surface area contributed by atoms with Gasteiger partial charge in [0.05, 0.1) is 24.8 Å². The number of benzene rings is 3. The Morgan fingerprint density at radius 3 is 2.48 bits per heavy atom. The molecule has 31 heavy (non-hydrogen) atoms. The number of aromatic nitrogens is 2. The van der Waals surface area contributed by atoms with Crippen LogP contribution in [0.2, 0.25) is 5.02 Å². The number of fused-ring (bicyclic) bond motifs is 1. The van der Waals surface area contributed by atoms with Crippen molar-refractivity contribution in [1.29, 1.82) is 0 Å². The standard InChI is InChI=1S/C26H27ClN2O2/c1-19-17-22(13-14-23(19)27)31-16-6-5-15-29-25-8-4-3-7-24(25)28-26(29)18-20-9-11-21(30-2)12-10-20/h3-4,7-14,17H,5-6,15-16,18H2,1-2H3. The molecule has 0 unspecified atom stereocenters. The Morgan fingerprint density at radius 1 is 0.935 bits per heavy atom. The molecule has 4 nitrogen and oxygen atoms in total. The van der Waals surface area contributed by atoms with Crippen molar-refractivity contribution in [2.75, 3.05) is 13.7 Å². The summed E-state index contributed by atoms with van der Waals surface area (Å²) in [6.07, 6.45) is 2.78. The first-order valence-corrected chi connectivity index (χ1v) is 11.0. The predicted octanol–water partition coefficient (Wildman–Crippen LogP) is 6.46. The van der Waals surface area contributed by atoms with Gasteiger partial charge in [-0.1, -0.05) is 35.9 Å². The van der Waals surface area contributed by atoms with Gasteiger partial charge in [-0.25, -0.2) is 4.98 Å². The zero-order chi connectivity index (χ0) is 21.6. The Kier molecular flexibility index (Phi) is 6.78. The van der Waals surface area contributed by atoms with Crippen molar-refractivity contribution in [3.63, 3.8) is 0 Å². The largest absolute Gasteiger partial charge is 0.497 e. The lowest BCUT2D eigenvalue weighted by Gasteiger charge is -2.11. The third kappa shape index (κ3) is 5.20. The van der Waals surface area contributed by atoms with Crippen LogP contribution in [-0.2, 0) is 13.0 Å². The number of hydrogen-bond acceptors (Lipinski definition) is 3. The first-order valence-electron chi connectivity index (χ1n) is 10.6. The second-order valence-corrected chi connectivity index (χ2v) is 8.07. The minimum Gasteiger partial charge on any atom is -0.497 e. The van der Waals surface area contributed by atoms with E-state index >= 15 is 0 Å². The zero-order valence-electron chi connectivity index (χ0n) is 18.0. The van der Waals surface area contributed by atoms with E-state index in [1.54, 1.807) is 7.11 Å². The third-order valence-corrected chi connectivity index (χ3v) is 5.85. The van der Waals surface area contributed by atoms with E-state index in [2.05, 4.69) is 34.9 Å². The number of unbranched alkanes of at least 4 members (excludes halogenated alkanes) is 1. The minimum atomic E-state index is 0.682. The molecular formula is C26H27ClN2O2. The molecule has 3 aromatic carbocycles. The van der Waals surface area contributed by atoms with E-state index in [-0.39, 0.29) is 0 Å². The van der Waals surface area contributed by atoms with Gasteiger partial charge in [0.15, 0.2) is 0 Å². The number of halogens is 1. The second kappa shape index (κ2) is 9.88. The summed E-state index contributed by atoms with van der Waals surface area (Å²) in [5.41, 5.74) is 4.48. The maximum absolute atomic E-state index is 6.09. The van der Waals surface area contributed by atoms with Crippen LogP contribution in [0.15, 0.2) is 66.7 Å². The van der Waals surface area contributed by atoms with Gasteiger partial charge in [-0.05, 0) is 73.4 Å². The van der Waals surface area contributed by atoms with Crippen molar-refractivity contribution < 1.29 is 9.47 Å². The molecule has 0 spiro atoms. The Balaban J connectivity index is 1.41. The molecule has 0 N–H and O–H groups in total. The lowest BCUT2D eigenvalue weighted by Crippen LogP contribution is -2.07. The predicted molar refractivity (Wildman–Crippen MR) is 126 cm³/mol. The monoisotopic (exact) mass is 434 g/mol. The lowest BCUT2D eigenvalue weighted by atomic mass is 10.1. The lowest BCUT2D eigenvalue weighted by molar-refractivity contribution is 0.303. The number of nitrogens with zero attached hydrogens (tertiary/aromatic N) is 2.